The molecule has 0 bridgehead atoms. The molecule has 1 aromatic heterocycles. The summed E-state index contributed by atoms with van der Waals surface area (Å²) in [5, 5.41) is 4.48. The van der Waals surface area contributed by atoms with Crippen molar-refractivity contribution in [3.05, 3.63) is 10.6 Å². The van der Waals surface area contributed by atoms with Crippen LogP contribution in [0, 0.1) is 0 Å². The molecule has 1 N–H and O–H groups in total. The van der Waals surface area contributed by atoms with Gasteiger partial charge in [0.25, 0.3) is 0 Å². The van der Waals surface area contributed by atoms with Crippen molar-refractivity contribution in [3.63, 3.8) is 0 Å². The van der Waals surface area contributed by atoms with Gasteiger partial charge in [0.05, 0.1) is 5.69 Å². The fourth-order valence-corrected chi connectivity index (χ4v) is 3.91. The summed E-state index contributed by atoms with van der Waals surface area (Å²) in [6.07, 6.45) is 1.22. The molecule has 4 nitrogen and oxygen atoms in total. The molecule has 0 amide bonds. The van der Waals surface area contributed by atoms with E-state index in [2.05, 4.69) is 42.9 Å². The highest BCUT2D eigenvalue weighted by atomic mass is 32.1. The van der Waals surface area contributed by atoms with Crippen molar-refractivity contribution in [2.24, 2.45) is 0 Å². The van der Waals surface area contributed by atoms with E-state index in [0.717, 1.165) is 26.2 Å². The van der Waals surface area contributed by atoms with Gasteiger partial charge in [0.2, 0.25) is 0 Å². The summed E-state index contributed by atoms with van der Waals surface area (Å²) < 4.78 is 0. The first-order valence-electron chi connectivity index (χ1n) is 7.50. The molecule has 0 unspecified atom stereocenters. The van der Waals surface area contributed by atoms with Gasteiger partial charge in [-0.1, -0.05) is 20.8 Å². The summed E-state index contributed by atoms with van der Waals surface area (Å²) in [5.74, 6) is 0. The third-order valence-electron chi connectivity index (χ3n) is 3.72. The molecule has 1 aromatic rings. The lowest BCUT2D eigenvalue weighted by atomic mass is 9.91. The minimum atomic E-state index is 0.115. The number of hydrogen-bond donors (Lipinski definition) is 1. The Labute approximate surface area is 127 Å². The van der Waals surface area contributed by atoms with E-state index in [1.165, 1.54) is 28.7 Å². The van der Waals surface area contributed by atoms with Crippen molar-refractivity contribution in [1.29, 1.82) is 0 Å². The first-order valence-corrected chi connectivity index (χ1v) is 8.31. The Balaban J connectivity index is 2.23. The molecule has 1 aliphatic rings. The topological polar surface area (TPSA) is 31.4 Å². The molecule has 1 aliphatic heterocycles. The lowest BCUT2D eigenvalue weighted by Crippen LogP contribution is -2.28. The van der Waals surface area contributed by atoms with Crippen LogP contribution < -0.4 is 10.2 Å². The number of anilines is 1. The third-order valence-corrected chi connectivity index (χ3v) is 4.84. The number of thiazole rings is 1. The van der Waals surface area contributed by atoms with Crippen LogP contribution in [0.2, 0.25) is 0 Å². The smallest absolute Gasteiger partial charge is 0.185 e. The van der Waals surface area contributed by atoms with Gasteiger partial charge in [-0.05, 0) is 27.1 Å². The van der Waals surface area contributed by atoms with E-state index in [1.807, 2.05) is 18.4 Å². The van der Waals surface area contributed by atoms with Crippen molar-refractivity contribution in [2.75, 3.05) is 45.2 Å². The third kappa shape index (κ3) is 3.71. The molecule has 0 aliphatic carbocycles. The zero-order valence-corrected chi connectivity index (χ0v) is 14.3. The first kappa shape index (κ1) is 15.7. The Bertz CT molecular complexity index is 436. The van der Waals surface area contributed by atoms with Gasteiger partial charge in [-0.3, -0.25) is 0 Å². The van der Waals surface area contributed by atoms with Gasteiger partial charge in [0.1, 0.15) is 0 Å². The van der Waals surface area contributed by atoms with Crippen LogP contribution in [0.4, 0.5) is 5.13 Å². The lowest BCUT2D eigenvalue weighted by molar-refractivity contribution is 0.360. The van der Waals surface area contributed by atoms with Gasteiger partial charge in [-0.2, -0.15) is 0 Å². The summed E-state index contributed by atoms with van der Waals surface area (Å²) >= 11 is 1.86. The van der Waals surface area contributed by atoms with E-state index in [-0.39, 0.29) is 5.41 Å². The SMILES string of the molecule is CNCc1sc(N2CCCN(C)CC2)nc1C(C)(C)C. The average molecular weight is 296 g/mol. The average Bonchev–Trinajstić information content (AvgIpc) is 2.66. The van der Waals surface area contributed by atoms with Crippen molar-refractivity contribution in [3.8, 4) is 0 Å². The maximum atomic E-state index is 4.98. The standard InChI is InChI=1S/C15H28N4S/c1-15(2,3)13-12(11-16-4)20-14(17-13)19-8-6-7-18(5)9-10-19/h16H,6-11H2,1-5H3. The van der Waals surface area contributed by atoms with E-state index in [4.69, 9.17) is 4.98 Å². The van der Waals surface area contributed by atoms with Crippen molar-refractivity contribution < 1.29 is 0 Å². The van der Waals surface area contributed by atoms with Crippen LogP contribution in [-0.2, 0) is 12.0 Å². The number of nitrogens with one attached hydrogen (secondary N) is 1. The van der Waals surface area contributed by atoms with E-state index in [0.29, 0.717) is 0 Å². The highest BCUT2D eigenvalue weighted by Crippen LogP contribution is 2.34. The predicted octanol–water partition coefficient (Wildman–Crippen LogP) is 2.30. The van der Waals surface area contributed by atoms with Gasteiger partial charge in [0, 0.05) is 36.5 Å². The Morgan fingerprint density at radius 2 is 1.95 bits per heavy atom. The Morgan fingerprint density at radius 3 is 2.60 bits per heavy atom. The highest BCUT2D eigenvalue weighted by Gasteiger charge is 2.25. The fourth-order valence-electron chi connectivity index (χ4n) is 2.58. The molecule has 2 rings (SSSR count). The normalized spacial score (nSPS) is 18.4. The van der Waals surface area contributed by atoms with Crippen LogP contribution in [0.15, 0.2) is 0 Å². The molecule has 0 aromatic carbocycles. The number of rotatable bonds is 3. The molecule has 0 atom stereocenters. The van der Waals surface area contributed by atoms with E-state index < -0.39 is 0 Å². The molecule has 114 valence electrons. The molecular formula is C15H28N4S. The first-order chi connectivity index (χ1) is 9.41. The molecule has 0 saturated carbocycles. The molecule has 0 spiro atoms. The van der Waals surface area contributed by atoms with E-state index in [9.17, 15) is 0 Å². The van der Waals surface area contributed by atoms with Crippen LogP contribution in [0.25, 0.3) is 0 Å². The summed E-state index contributed by atoms with van der Waals surface area (Å²) in [6, 6.07) is 0. The summed E-state index contributed by atoms with van der Waals surface area (Å²) in [7, 11) is 4.21. The zero-order chi connectivity index (χ0) is 14.8. The quantitative estimate of drug-likeness (QED) is 0.927. The van der Waals surface area contributed by atoms with E-state index in [1.54, 1.807) is 0 Å². The molecule has 0 radical (unpaired) electrons. The van der Waals surface area contributed by atoms with E-state index >= 15 is 0 Å². The van der Waals surface area contributed by atoms with Gasteiger partial charge in [-0.25, -0.2) is 4.98 Å². The second kappa shape index (κ2) is 6.41. The molecule has 5 heteroatoms. The molecule has 1 saturated heterocycles. The monoisotopic (exact) mass is 296 g/mol. The summed E-state index contributed by atoms with van der Waals surface area (Å²) in [6.45, 7) is 12.2. The zero-order valence-electron chi connectivity index (χ0n) is 13.5. The maximum Gasteiger partial charge on any atom is 0.185 e. The Kier molecular flexibility index (Phi) is 5.04. The minimum absolute atomic E-state index is 0.115. The fraction of sp³-hybridized carbons (Fsp3) is 0.800. The number of likely N-dealkylation sites (N-methyl/N-ethyl adjacent to an activating group) is 1. The summed E-state index contributed by atoms with van der Waals surface area (Å²) in [5.41, 5.74) is 1.37. The second-order valence-electron chi connectivity index (χ2n) is 6.69. The van der Waals surface area contributed by atoms with Gasteiger partial charge in [-0.15, -0.1) is 11.3 Å². The Morgan fingerprint density at radius 1 is 1.20 bits per heavy atom. The van der Waals surface area contributed by atoms with Crippen molar-refractivity contribution in [1.82, 2.24) is 15.2 Å². The number of hydrogen-bond acceptors (Lipinski definition) is 5. The minimum Gasteiger partial charge on any atom is -0.347 e. The largest absolute Gasteiger partial charge is 0.347 e. The number of nitrogens with zero attached hydrogens (tertiary/aromatic N) is 3. The summed E-state index contributed by atoms with van der Waals surface area (Å²) in [4.78, 5) is 11.2. The lowest BCUT2D eigenvalue weighted by Gasteiger charge is -2.20. The van der Waals surface area contributed by atoms with Crippen LogP contribution in [0.5, 0.6) is 0 Å². The predicted molar refractivity (Wildman–Crippen MR) is 87.9 cm³/mol. The second-order valence-corrected chi connectivity index (χ2v) is 7.75. The molecule has 1 fully saturated rings. The van der Waals surface area contributed by atoms with Crippen molar-refractivity contribution >= 4 is 16.5 Å². The van der Waals surface area contributed by atoms with Crippen LogP contribution in [-0.4, -0.2) is 50.2 Å². The van der Waals surface area contributed by atoms with Crippen LogP contribution in [0.1, 0.15) is 37.8 Å². The highest BCUT2D eigenvalue weighted by molar-refractivity contribution is 7.15. The number of aromatic nitrogens is 1. The van der Waals surface area contributed by atoms with Gasteiger partial charge < -0.3 is 15.1 Å². The van der Waals surface area contributed by atoms with Crippen LogP contribution in [0.3, 0.4) is 0 Å². The molecule has 20 heavy (non-hydrogen) atoms. The molecule has 2 heterocycles. The maximum absolute atomic E-state index is 4.98. The molecular weight excluding hydrogens is 268 g/mol. The van der Waals surface area contributed by atoms with Crippen LogP contribution >= 0.6 is 11.3 Å². The Hall–Kier alpha value is -0.650. The van der Waals surface area contributed by atoms with Crippen molar-refractivity contribution in [2.45, 2.75) is 39.2 Å². The van der Waals surface area contributed by atoms with Gasteiger partial charge >= 0.3 is 0 Å². The van der Waals surface area contributed by atoms with Gasteiger partial charge in [0.15, 0.2) is 5.13 Å².